The number of rotatable bonds is 6. The fourth-order valence-electron chi connectivity index (χ4n) is 4.51. The van der Waals surface area contributed by atoms with Gasteiger partial charge in [-0.05, 0) is 65.6 Å². The van der Waals surface area contributed by atoms with E-state index in [1.54, 1.807) is 12.1 Å². The van der Waals surface area contributed by atoms with Crippen molar-refractivity contribution in [3.63, 3.8) is 0 Å². The quantitative estimate of drug-likeness (QED) is 0.287. The van der Waals surface area contributed by atoms with Crippen LogP contribution < -0.4 is 10.9 Å². The van der Waals surface area contributed by atoms with Crippen LogP contribution in [0.3, 0.4) is 0 Å². The predicted molar refractivity (Wildman–Crippen MR) is 130 cm³/mol. The standard InChI is InChI=1S/C24H28N2O3.H2O4S/c1-3-14-9-16-11-18(12-17(16)10-15(14)4-2)25-13-22(28)19-5-7-21(27)24-20(19)6-8-23(29)26-24;1-5(2,3)4/h5-10,18,22,25,27-28H,3-4,11-13H2,1-2H3,(H,26,29);(H2,1,2,3,4)/t22-;/m0./s1. The minimum absolute atomic E-state index is 0.00584. The Morgan fingerprint density at radius 3 is 2.12 bits per heavy atom. The topological polar surface area (TPSA) is 160 Å². The summed E-state index contributed by atoms with van der Waals surface area (Å²) in [6, 6.07) is 11.3. The number of aliphatic hydroxyl groups is 1. The normalized spacial score (nSPS) is 14.5. The van der Waals surface area contributed by atoms with E-state index < -0.39 is 16.5 Å². The van der Waals surface area contributed by atoms with Gasteiger partial charge in [0.2, 0.25) is 5.56 Å². The van der Waals surface area contributed by atoms with E-state index in [9.17, 15) is 15.0 Å². The molecule has 1 aromatic heterocycles. The van der Waals surface area contributed by atoms with Crippen molar-refractivity contribution in [2.75, 3.05) is 6.54 Å². The van der Waals surface area contributed by atoms with Gasteiger partial charge < -0.3 is 20.5 Å². The van der Waals surface area contributed by atoms with Crippen molar-refractivity contribution in [2.45, 2.75) is 51.7 Å². The molecule has 3 aromatic rings. The number of aromatic hydroxyl groups is 1. The lowest BCUT2D eigenvalue weighted by Crippen LogP contribution is -2.33. The van der Waals surface area contributed by atoms with Gasteiger partial charge in [0.1, 0.15) is 5.75 Å². The van der Waals surface area contributed by atoms with Crippen molar-refractivity contribution in [1.29, 1.82) is 0 Å². The summed E-state index contributed by atoms with van der Waals surface area (Å²) in [5, 5.41) is 25.0. The number of H-pyrrole nitrogens is 1. The van der Waals surface area contributed by atoms with Crippen LogP contribution in [0.2, 0.25) is 0 Å². The molecule has 0 bridgehead atoms. The van der Waals surface area contributed by atoms with Gasteiger partial charge in [-0.3, -0.25) is 13.9 Å². The Labute approximate surface area is 198 Å². The fraction of sp³-hybridized carbons (Fsp3) is 0.375. The summed E-state index contributed by atoms with van der Waals surface area (Å²) in [5.74, 6) is 0.00584. The van der Waals surface area contributed by atoms with Crippen molar-refractivity contribution < 1.29 is 27.7 Å². The number of hydrogen-bond donors (Lipinski definition) is 6. The minimum Gasteiger partial charge on any atom is -0.506 e. The van der Waals surface area contributed by atoms with Crippen molar-refractivity contribution in [3.05, 3.63) is 74.6 Å². The molecule has 0 fully saturated rings. The molecule has 2 aromatic carbocycles. The van der Waals surface area contributed by atoms with E-state index in [4.69, 9.17) is 17.5 Å². The van der Waals surface area contributed by atoms with Gasteiger partial charge in [0.05, 0.1) is 11.6 Å². The molecule has 1 aliphatic rings. The molecule has 9 nitrogen and oxygen atoms in total. The second-order valence-corrected chi connectivity index (χ2v) is 9.25. The molecule has 0 aliphatic heterocycles. The molecular weight excluding hydrogens is 460 g/mol. The van der Waals surface area contributed by atoms with E-state index in [0.29, 0.717) is 29.1 Å². The second kappa shape index (κ2) is 10.7. The van der Waals surface area contributed by atoms with Crippen LogP contribution >= 0.6 is 0 Å². The Morgan fingerprint density at radius 2 is 1.59 bits per heavy atom. The first-order valence-corrected chi connectivity index (χ1v) is 12.5. The number of aromatic nitrogens is 1. The van der Waals surface area contributed by atoms with E-state index in [-0.39, 0.29) is 11.3 Å². The number of fused-ring (bicyclic) bond motifs is 2. The SMILES string of the molecule is CCc1cc2c(cc1CC)CC(NC[C@H](O)c1ccc(O)c3[nH]c(=O)ccc13)C2.O=S(=O)(O)O. The van der Waals surface area contributed by atoms with Gasteiger partial charge in [-0.2, -0.15) is 8.42 Å². The van der Waals surface area contributed by atoms with Gasteiger partial charge >= 0.3 is 10.4 Å². The molecule has 1 aliphatic carbocycles. The van der Waals surface area contributed by atoms with Crippen LogP contribution in [0.15, 0.2) is 41.2 Å². The average Bonchev–Trinajstić information content (AvgIpc) is 3.17. The first kappa shape index (κ1) is 25.9. The number of nitrogens with one attached hydrogen (secondary N) is 2. The van der Waals surface area contributed by atoms with E-state index in [0.717, 1.165) is 25.7 Å². The highest BCUT2D eigenvalue weighted by atomic mass is 32.3. The summed E-state index contributed by atoms with van der Waals surface area (Å²) in [6.07, 6.45) is 3.34. The molecule has 1 atom stereocenters. The number of aliphatic hydroxyl groups excluding tert-OH is 1. The zero-order valence-corrected chi connectivity index (χ0v) is 19.9. The number of hydrogen-bond acceptors (Lipinski definition) is 6. The fourth-order valence-corrected chi connectivity index (χ4v) is 4.51. The number of benzene rings is 2. The van der Waals surface area contributed by atoms with Crippen LogP contribution in [0, 0.1) is 0 Å². The summed E-state index contributed by atoms with van der Waals surface area (Å²) in [6.45, 7) is 4.83. The lowest BCUT2D eigenvalue weighted by Gasteiger charge is -2.18. The summed E-state index contributed by atoms with van der Waals surface area (Å²) < 4.78 is 31.6. The van der Waals surface area contributed by atoms with E-state index >= 15 is 0 Å². The maximum absolute atomic E-state index is 11.6. The van der Waals surface area contributed by atoms with Crippen LogP contribution in [0.25, 0.3) is 10.9 Å². The van der Waals surface area contributed by atoms with Gasteiger partial charge in [-0.15, -0.1) is 0 Å². The zero-order chi connectivity index (χ0) is 25.0. The summed E-state index contributed by atoms with van der Waals surface area (Å²) in [4.78, 5) is 14.2. The van der Waals surface area contributed by atoms with Gasteiger partial charge in [0.25, 0.3) is 0 Å². The van der Waals surface area contributed by atoms with Crippen LogP contribution in [0.5, 0.6) is 5.75 Å². The number of aromatic amines is 1. The molecule has 10 heteroatoms. The molecule has 184 valence electrons. The lowest BCUT2D eigenvalue weighted by molar-refractivity contribution is 0.171. The molecule has 0 saturated carbocycles. The Kier molecular flexibility index (Phi) is 8.11. The van der Waals surface area contributed by atoms with Gasteiger partial charge in [-0.1, -0.05) is 32.0 Å². The molecule has 34 heavy (non-hydrogen) atoms. The van der Waals surface area contributed by atoms with E-state index in [2.05, 4.69) is 36.3 Å². The van der Waals surface area contributed by atoms with Crippen LogP contribution in [-0.4, -0.2) is 45.3 Å². The van der Waals surface area contributed by atoms with Gasteiger partial charge in [0.15, 0.2) is 0 Å². The number of phenols is 1. The highest BCUT2D eigenvalue weighted by Gasteiger charge is 2.24. The number of phenolic OH excluding ortho intramolecular Hbond substituents is 1. The monoisotopic (exact) mass is 490 g/mol. The first-order chi connectivity index (χ1) is 16.0. The van der Waals surface area contributed by atoms with E-state index in [1.807, 2.05) is 0 Å². The third-order valence-electron chi connectivity index (χ3n) is 6.08. The number of aryl methyl sites for hydroxylation is 2. The molecule has 6 N–H and O–H groups in total. The average molecular weight is 491 g/mol. The maximum atomic E-state index is 11.6. The zero-order valence-electron chi connectivity index (χ0n) is 19.1. The summed E-state index contributed by atoms with van der Waals surface area (Å²) in [5.41, 5.74) is 6.49. The first-order valence-electron chi connectivity index (χ1n) is 11.1. The Balaban J connectivity index is 0.000000588. The molecule has 1 heterocycles. The molecule has 4 rings (SSSR count). The molecule has 0 spiro atoms. The maximum Gasteiger partial charge on any atom is 0.394 e. The van der Waals surface area contributed by atoms with Crippen molar-refractivity contribution in [1.82, 2.24) is 10.3 Å². The second-order valence-electron chi connectivity index (χ2n) is 8.36. The highest BCUT2D eigenvalue weighted by molar-refractivity contribution is 7.79. The highest BCUT2D eigenvalue weighted by Crippen LogP contribution is 2.30. The van der Waals surface area contributed by atoms with Gasteiger partial charge in [-0.25, -0.2) is 0 Å². The largest absolute Gasteiger partial charge is 0.506 e. The molecular formula is C24H30N2O7S. The smallest absolute Gasteiger partial charge is 0.394 e. The van der Waals surface area contributed by atoms with E-state index in [1.165, 1.54) is 34.4 Å². The summed E-state index contributed by atoms with van der Waals surface area (Å²) in [7, 11) is -4.67. The van der Waals surface area contributed by atoms with Crippen LogP contribution in [0.4, 0.5) is 0 Å². The molecule has 0 unspecified atom stereocenters. The lowest BCUT2D eigenvalue weighted by atomic mass is 9.97. The van der Waals surface area contributed by atoms with Crippen molar-refractivity contribution >= 4 is 21.3 Å². The third kappa shape index (κ3) is 6.43. The van der Waals surface area contributed by atoms with Crippen molar-refractivity contribution in [3.8, 4) is 5.75 Å². The Morgan fingerprint density at radius 1 is 1.03 bits per heavy atom. The molecule has 0 radical (unpaired) electrons. The Bertz CT molecular complexity index is 1290. The predicted octanol–water partition coefficient (Wildman–Crippen LogP) is 2.50. The molecule has 0 amide bonds. The van der Waals surface area contributed by atoms with Crippen LogP contribution in [0.1, 0.15) is 47.8 Å². The van der Waals surface area contributed by atoms with Crippen molar-refractivity contribution in [2.24, 2.45) is 0 Å². The summed E-state index contributed by atoms with van der Waals surface area (Å²) >= 11 is 0. The Hall–Kier alpha value is -2.76. The van der Waals surface area contributed by atoms with Crippen LogP contribution in [-0.2, 0) is 36.1 Å². The minimum atomic E-state index is -4.67. The third-order valence-corrected chi connectivity index (χ3v) is 6.08. The molecule has 0 saturated heterocycles. The van der Waals surface area contributed by atoms with Gasteiger partial charge in [0, 0.05) is 24.0 Å². The number of pyridine rings is 1.